The van der Waals surface area contributed by atoms with Crippen LogP contribution in [0.25, 0.3) is 0 Å². The van der Waals surface area contributed by atoms with Gasteiger partial charge in [-0.05, 0) is 62.3 Å². The molecule has 4 heteroatoms. The van der Waals surface area contributed by atoms with E-state index in [0.717, 1.165) is 57.9 Å². The lowest BCUT2D eigenvalue weighted by atomic mass is 9.91. The Kier molecular flexibility index (Phi) is 5.65. The van der Waals surface area contributed by atoms with Gasteiger partial charge in [0.2, 0.25) is 5.91 Å². The molecule has 2 heterocycles. The van der Waals surface area contributed by atoms with Crippen LogP contribution in [0.3, 0.4) is 0 Å². The molecule has 2 aliphatic rings. The second kappa shape index (κ2) is 7.91. The quantitative estimate of drug-likeness (QED) is 0.805. The normalized spacial score (nSPS) is 22.7. The average molecular weight is 318 g/mol. The molecule has 2 fully saturated rings. The van der Waals surface area contributed by atoms with Gasteiger partial charge in [0.1, 0.15) is 5.82 Å². The summed E-state index contributed by atoms with van der Waals surface area (Å²) >= 11 is 0. The van der Waals surface area contributed by atoms with E-state index < -0.39 is 0 Å². The Morgan fingerprint density at radius 2 is 1.91 bits per heavy atom. The standard InChI is InChI=1S/C19H27FN2O/c20-18-9-7-16(8-10-18)5-6-17-3-1-11-21(15-17)13-14-22-12-2-4-19(22)23/h7-10,17H,1-6,11-15H2. The molecule has 3 nitrogen and oxygen atoms in total. The molecule has 1 aromatic rings. The minimum absolute atomic E-state index is 0.158. The van der Waals surface area contributed by atoms with Gasteiger partial charge < -0.3 is 9.80 Å². The van der Waals surface area contributed by atoms with Crippen molar-refractivity contribution in [3.8, 4) is 0 Å². The van der Waals surface area contributed by atoms with Crippen LogP contribution in [0.2, 0.25) is 0 Å². The van der Waals surface area contributed by atoms with Crippen LogP contribution in [0.4, 0.5) is 4.39 Å². The molecule has 3 rings (SSSR count). The highest BCUT2D eigenvalue weighted by Gasteiger charge is 2.23. The Bertz CT molecular complexity index is 517. The monoisotopic (exact) mass is 318 g/mol. The predicted octanol–water partition coefficient (Wildman–Crippen LogP) is 3.09. The van der Waals surface area contributed by atoms with Crippen molar-refractivity contribution in [3.63, 3.8) is 0 Å². The number of halogens is 1. The number of nitrogens with zero attached hydrogens (tertiary/aromatic N) is 2. The molecule has 1 atom stereocenters. The van der Waals surface area contributed by atoms with Crippen molar-refractivity contribution < 1.29 is 9.18 Å². The number of aryl methyl sites for hydroxylation is 1. The molecule has 0 radical (unpaired) electrons. The molecule has 0 N–H and O–H groups in total. The topological polar surface area (TPSA) is 23.6 Å². The number of hydrogen-bond acceptors (Lipinski definition) is 2. The van der Waals surface area contributed by atoms with Crippen LogP contribution in [-0.4, -0.2) is 48.4 Å². The van der Waals surface area contributed by atoms with Crippen LogP contribution in [0.5, 0.6) is 0 Å². The lowest BCUT2D eigenvalue weighted by Crippen LogP contribution is -2.41. The van der Waals surface area contributed by atoms with E-state index in [1.165, 1.54) is 24.8 Å². The van der Waals surface area contributed by atoms with Gasteiger partial charge in [-0.1, -0.05) is 12.1 Å². The maximum absolute atomic E-state index is 12.9. The minimum atomic E-state index is -0.158. The lowest BCUT2D eigenvalue weighted by molar-refractivity contribution is -0.127. The van der Waals surface area contributed by atoms with Gasteiger partial charge in [0.05, 0.1) is 0 Å². The summed E-state index contributed by atoms with van der Waals surface area (Å²) in [6, 6.07) is 6.90. The molecule has 126 valence electrons. The highest BCUT2D eigenvalue weighted by molar-refractivity contribution is 5.78. The number of likely N-dealkylation sites (tertiary alicyclic amines) is 2. The van der Waals surface area contributed by atoms with Gasteiger partial charge >= 0.3 is 0 Å². The Hall–Kier alpha value is -1.42. The first-order valence-corrected chi connectivity index (χ1v) is 8.95. The highest BCUT2D eigenvalue weighted by Crippen LogP contribution is 2.22. The number of hydrogen-bond donors (Lipinski definition) is 0. The van der Waals surface area contributed by atoms with E-state index in [1.807, 2.05) is 17.0 Å². The third kappa shape index (κ3) is 4.77. The highest BCUT2D eigenvalue weighted by atomic mass is 19.1. The fourth-order valence-electron chi connectivity index (χ4n) is 3.81. The van der Waals surface area contributed by atoms with Crippen molar-refractivity contribution in [3.05, 3.63) is 35.6 Å². The third-order valence-electron chi connectivity index (χ3n) is 5.22. The van der Waals surface area contributed by atoms with Crippen molar-refractivity contribution in [2.75, 3.05) is 32.7 Å². The smallest absolute Gasteiger partial charge is 0.222 e. The van der Waals surface area contributed by atoms with Gasteiger partial charge in [-0.15, -0.1) is 0 Å². The number of amides is 1. The van der Waals surface area contributed by atoms with Crippen molar-refractivity contribution in [2.24, 2.45) is 5.92 Å². The van der Waals surface area contributed by atoms with Gasteiger partial charge in [0.25, 0.3) is 0 Å². The van der Waals surface area contributed by atoms with Crippen LogP contribution in [-0.2, 0) is 11.2 Å². The first-order chi connectivity index (χ1) is 11.2. The Balaban J connectivity index is 1.40. The number of carbonyl (C=O) groups is 1. The summed E-state index contributed by atoms with van der Waals surface area (Å²) < 4.78 is 12.9. The lowest BCUT2D eigenvalue weighted by Gasteiger charge is -2.33. The van der Waals surface area contributed by atoms with Crippen LogP contribution in [0.1, 0.15) is 37.7 Å². The van der Waals surface area contributed by atoms with Crippen molar-refractivity contribution in [1.29, 1.82) is 0 Å². The first-order valence-electron chi connectivity index (χ1n) is 8.95. The van der Waals surface area contributed by atoms with Gasteiger partial charge in [-0.25, -0.2) is 4.39 Å². The fourth-order valence-corrected chi connectivity index (χ4v) is 3.81. The second-order valence-electron chi connectivity index (χ2n) is 6.96. The molecular weight excluding hydrogens is 291 g/mol. The number of benzene rings is 1. The summed E-state index contributed by atoms with van der Waals surface area (Å²) in [7, 11) is 0. The summed E-state index contributed by atoms with van der Waals surface area (Å²) in [6.07, 6.45) is 6.51. The summed E-state index contributed by atoms with van der Waals surface area (Å²) in [4.78, 5) is 16.2. The molecule has 0 saturated carbocycles. The van der Waals surface area contributed by atoms with Crippen LogP contribution in [0, 0.1) is 11.7 Å². The van der Waals surface area contributed by atoms with Crippen LogP contribution < -0.4 is 0 Å². The maximum atomic E-state index is 12.9. The average Bonchev–Trinajstić information content (AvgIpc) is 2.98. The Morgan fingerprint density at radius 1 is 1.09 bits per heavy atom. The summed E-state index contributed by atoms with van der Waals surface area (Å²) in [5, 5.41) is 0. The van der Waals surface area contributed by atoms with E-state index in [4.69, 9.17) is 0 Å². The maximum Gasteiger partial charge on any atom is 0.222 e. The van der Waals surface area contributed by atoms with Crippen molar-refractivity contribution in [1.82, 2.24) is 9.80 Å². The minimum Gasteiger partial charge on any atom is -0.341 e. The van der Waals surface area contributed by atoms with Gasteiger partial charge in [-0.2, -0.15) is 0 Å². The molecule has 1 amide bonds. The van der Waals surface area contributed by atoms with E-state index >= 15 is 0 Å². The zero-order valence-corrected chi connectivity index (χ0v) is 13.8. The molecule has 1 aromatic carbocycles. The number of rotatable bonds is 6. The molecule has 0 aliphatic carbocycles. The fraction of sp³-hybridized carbons (Fsp3) is 0.632. The molecule has 0 bridgehead atoms. The van der Waals surface area contributed by atoms with E-state index in [-0.39, 0.29) is 5.82 Å². The number of piperidine rings is 1. The van der Waals surface area contributed by atoms with Gasteiger partial charge in [0.15, 0.2) is 0 Å². The Morgan fingerprint density at radius 3 is 2.65 bits per heavy atom. The molecule has 23 heavy (non-hydrogen) atoms. The summed E-state index contributed by atoms with van der Waals surface area (Å²) in [5.41, 5.74) is 1.23. The van der Waals surface area contributed by atoms with E-state index in [1.54, 1.807) is 12.1 Å². The zero-order valence-electron chi connectivity index (χ0n) is 13.8. The van der Waals surface area contributed by atoms with Crippen molar-refractivity contribution >= 4 is 5.91 Å². The molecule has 2 aliphatic heterocycles. The largest absolute Gasteiger partial charge is 0.341 e. The van der Waals surface area contributed by atoms with Gasteiger partial charge in [0, 0.05) is 32.6 Å². The molecule has 0 spiro atoms. The van der Waals surface area contributed by atoms with Crippen molar-refractivity contribution in [2.45, 2.75) is 38.5 Å². The zero-order chi connectivity index (χ0) is 16.1. The number of carbonyl (C=O) groups excluding carboxylic acids is 1. The molecule has 0 aromatic heterocycles. The predicted molar refractivity (Wildman–Crippen MR) is 89.7 cm³/mol. The molecule has 2 saturated heterocycles. The van der Waals surface area contributed by atoms with Crippen LogP contribution >= 0.6 is 0 Å². The molecular formula is C19H27FN2O. The van der Waals surface area contributed by atoms with Crippen LogP contribution in [0.15, 0.2) is 24.3 Å². The first kappa shape index (κ1) is 16.4. The van der Waals surface area contributed by atoms with E-state index in [0.29, 0.717) is 5.91 Å². The van der Waals surface area contributed by atoms with E-state index in [2.05, 4.69) is 4.90 Å². The Labute approximate surface area is 138 Å². The van der Waals surface area contributed by atoms with E-state index in [9.17, 15) is 9.18 Å². The van der Waals surface area contributed by atoms with Gasteiger partial charge in [-0.3, -0.25) is 4.79 Å². The summed E-state index contributed by atoms with van der Waals surface area (Å²) in [5.74, 6) is 0.895. The second-order valence-corrected chi connectivity index (χ2v) is 6.96. The molecule has 1 unspecified atom stereocenters. The third-order valence-corrected chi connectivity index (χ3v) is 5.22. The summed E-state index contributed by atoms with van der Waals surface area (Å²) in [6.45, 7) is 5.15. The SMILES string of the molecule is O=C1CCCN1CCN1CCCC(CCc2ccc(F)cc2)C1.